The first-order chi connectivity index (χ1) is 9.15. The van der Waals surface area contributed by atoms with Crippen molar-refractivity contribution in [3.63, 3.8) is 0 Å². The van der Waals surface area contributed by atoms with Gasteiger partial charge in [0.1, 0.15) is 0 Å². The quantitative estimate of drug-likeness (QED) is 0.874. The molecule has 0 heterocycles. The van der Waals surface area contributed by atoms with E-state index in [9.17, 15) is 5.11 Å². The molecule has 1 saturated carbocycles. The van der Waals surface area contributed by atoms with E-state index in [4.69, 9.17) is 0 Å². The number of aliphatic hydroxyl groups is 1. The second kappa shape index (κ2) is 5.26. The van der Waals surface area contributed by atoms with Crippen LogP contribution < -0.4 is 5.32 Å². The molecule has 2 atom stereocenters. The molecule has 2 N–H and O–H groups in total. The lowest BCUT2D eigenvalue weighted by Gasteiger charge is -2.36. The molecular weight excluding hydrogens is 234 g/mol. The summed E-state index contributed by atoms with van der Waals surface area (Å²) in [4.78, 5) is 0. The Balaban J connectivity index is 1.54. The average molecular weight is 259 g/mol. The third-order valence-electron chi connectivity index (χ3n) is 4.84. The molecule has 1 aromatic carbocycles. The summed E-state index contributed by atoms with van der Waals surface area (Å²) in [5.74, 6) is 0.668. The van der Waals surface area contributed by atoms with Gasteiger partial charge in [-0.2, -0.15) is 0 Å². The zero-order chi connectivity index (χ0) is 13.3. The van der Waals surface area contributed by atoms with Crippen LogP contribution in [-0.2, 0) is 12.8 Å². The zero-order valence-electron chi connectivity index (χ0n) is 11.9. The number of nitrogens with one attached hydrogen (secondary N) is 1. The molecule has 2 aliphatic carbocycles. The Morgan fingerprint density at radius 2 is 1.95 bits per heavy atom. The molecule has 2 heteroatoms. The lowest BCUT2D eigenvalue weighted by atomic mass is 9.79. The van der Waals surface area contributed by atoms with E-state index in [0.29, 0.717) is 12.0 Å². The normalized spacial score (nSPS) is 31.4. The van der Waals surface area contributed by atoms with Crippen LogP contribution in [0.15, 0.2) is 24.3 Å². The van der Waals surface area contributed by atoms with Crippen LogP contribution in [0.1, 0.15) is 43.7 Å². The minimum absolute atomic E-state index is 0.466. The van der Waals surface area contributed by atoms with Gasteiger partial charge in [0.15, 0.2) is 0 Å². The van der Waals surface area contributed by atoms with Crippen molar-refractivity contribution in [1.29, 1.82) is 0 Å². The van der Waals surface area contributed by atoms with E-state index in [2.05, 4.69) is 36.5 Å². The van der Waals surface area contributed by atoms with E-state index >= 15 is 0 Å². The Morgan fingerprint density at radius 3 is 2.58 bits per heavy atom. The van der Waals surface area contributed by atoms with Crippen LogP contribution in [0.25, 0.3) is 0 Å². The molecule has 104 valence electrons. The SMILES string of the molecule is CC1CCCC(O)(CNC2Cc3ccccc3C2)C1. The van der Waals surface area contributed by atoms with Crippen LogP contribution in [0.3, 0.4) is 0 Å². The van der Waals surface area contributed by atoms with E-state index < -0.39 is 5.60 Å². The van der Waals surface area contributed by atoms with Crippen LogP contribution in [0, 0.1) is 5.92 Å². The number of hydrogen-bond acceptors (Lipinski definition) is 2. The topological polar surface area (TPSA) is 32.3 Å². The fourth-order valence-corrected chi connectivity index (χ4v) is 3.83. The molecule has 2 nitrogen and oxygen atoms in total. The zero-order valence-corrected chi connectivity index (χ0v) is 11.9. The molecule has 1 aromatic rings. The van der Waals surface area contributed by atoms with Gasteiger partial charge in [-0.25, -0.2) is 0 Å². The molecule has 2 unspecified atom stereocenters. The van der Waals surface area contributed by atoms with Gasteiger partial charge in [0.25, 0.3) is 0 Å². The molecule has 19 heavy (non-hydrogen) atoms. The van der Waals surface area contributed by atoms with Crippen molar-refractivity contribution in [3.05, 3.63) is 35.4 Å². The first kappa shape index (κ1) is 13.1. The molecule has 0 amide bonds. The highest BCUT2D eigenvalue weighted by Gasteiger charge is 2.33. The van der Waals surface area contributed by atoms with Gasteiger partial charge in [-0.1, -0.05) is 44.0 Å². The molecule has 2 aliphatic rings. The first-order valence-electron chi connectivity index (χ1n) is 7.67. The van der Waals surface area contributed by atoms with Crippen molar-refractivity contribution in [2.45, 2.75) is 57.1 Å². The van der Waals surface area contributed by atoms with Crippen molar-refractivity contribution < 1.29 is 5.11 Å². The highest BCUT2D eigenvalue weighted by Crippen LogP contribution is 2.32. The highest BCUT2D eigenvalue weighted by atomic mass is 16.3. The Labute approximate surface area is 116 Å². The Kier molecular flexibility index (Phi) is 3.64. The summed E-state index contributed by atoms with van der Waals surface area (Å²) in [7, 11) is 0. The molecule has 0 spiro atoms. The summed E-state index contributed by atoms with van der Waals surface area (Å²) >= 11 is 0. The van der Waals surface area contributed by atoms with E-state index in [1.165, 1.54) is 24.0 Å². The molecular formula is C17H25NO. The second-order valence-corrected chi connectivity index (χ2v) is 6.68. The minimum Gasteiger partial charge on any atom is -0.389 e. The predicted octanol–water partition coefficient (Wildman–Crippen LogP) is 2.68. The summed E-state index contributed by atoms with van der Waals surface area (Å²) in [5, 5.41) is 14.3. The maximum absolute atomic E-state index is 10.7. The first-order valence-corrected chi connectivity index (χ1v) is 7.67. The maximum Gasteiger partial charge on any atom is 0.0774 e. The third kappa shape index (κ3) is 3.01. The van der Waals surface area contributed by atoms with Gasteiger partial charge in [0.05, 0.1) is 5.60 Å². The van der Waals surface area contributed by atoms with Crippen molar-refractivity contribution in [2.75, 3.05) is 6.54 Å². The summed E-state index contributed by atoms with van der Waals surface area (Å²) in [6.07, 6.45) is 6.59. The number of hydrogen-bond donors (Lipinski definition) is 2. The molecule has 0 radical (unpaired) electrons. The summed E-state index contributed by atoms with van der Waals surface area (Å²) in [5.41, 5.74) is 2.49. The Hall–Kier alpha value is -0.860. The monoisotopic (exact) mass is 259 g/mol. The van der Waals surface area contributed by atoms with E-state index in [1.807, 2.05) is 0 Å². The lowest BCUT2D eigenvalue weighted by Crippen LogP contribution is -2.47. The van der Waals surface area contributed by atoms with Gasteiger partial charge in [0, 0.05) is 12.6 Å². The Morgan fingerprint density at radius 1 is 1.26 bits per heavy atom. The van der Waals surface area contributed by atoms with Crippen molar-refractivity contribution >= 4 is 0 Å². The molecule has 0 aliphatic heterocycles. The molecule has 0 aromatic heterocycles. The predicted molar refractivity (Wildman–Crippen MR) is 78.2 cm³/mol. The van der Waals surface area contributed by atoms with Crippen LogP contribution in [0.2, 0.25) is 0 Å². The van der Waals surface area contributed by atoms with Gasteiger partial charge in [-0.15, -0.1) is 0 Å². The van der Waals surface area contributed by atoms with Gasteiger partial charge in [-0.3, -0.25) is 0 Å². The van der Waals surface area contributed by atoms with Crippen LogP contribution >= 0.6 is 0 Å². The number of benzene rings is 1. The van der Waals surface area contributed by atoms with E-state index in [1.54, 1.807) is 0 Å². The van der Waals surface area contributed by atoms with Gasteiger partial charge in [0.2, 0.25) is 0 Å². The van der Waals surface area contributed by atoms with Gasteiger partial charge < -0.3 is 10.4 Å². The molecule has 0 saturated heterocycles. The van der Waals surface area contributed by atoms with Crippen LogP contribution in [0.4, 0.5) is 0 Å². The van der Waals surface area contributed by atoms with E-state index in [0.717, 1.165) is 32.2 Å². The molecule has 0 bridgehead atoms. The smallest absolute Gasteiger partial charge is 0.0774 e. The maximum atomic E-state index is 10.7. The number of rotatable bonds is 3. The summed E-state index contributed by atoms with van der Waals surface area (Å²) < 4.78 is 0. The van der Waals surface area contributed by atoms with Crippen molar-refractivity contribution in [2.24, 2.45) is 5.92 Å². The van der Waals surface area contributed by atoms with Crippen LogP contribution in [-0.4, -0.2) is 23.3 Å². The van der Waals surface area contributed by atoms with Crippen molar-refractivity contribution in [3.8, 4) is 0 Å². The lowest BCUT2D eigenvalue weighted by molar-refractivity contribution is -0.0135. The largest absolute Gasteiger partial charge is 0.389 e. The Bertz CT molecular complexity index is 420. The third-order valence-corrected chi connectivity index (χ3v) is 4.84. The standard InChI is InChI=1S/C17H25NO/c1-13-5-4-8-17(19,11-13)12-18-16-9-14-6-2-3-7-15(14)10-16/h2-3,6-7,13,16,18-19H,4-5,8-12H2,1H3. The summed E-state index contributed by atoms with van der Waals surface area (Å²) in [6, 6.07) is 9.22. The molecule has 1 fully saturated rings. The van der Waals surface area contributed by atoms with Gasteiger partial charge in [-0.05, 0) is 42.7 Å². The minimum atomic E-state index is -0.466. The van der Waals surface area contributed by atoms with E-state index in [-0.39, 0.29) is 0 Å². The van der Waals surface area contributed by atoms with Crippen molar-refractivity contribution in [1.82, 2.24) is 5.32 Å². The number of fused-ring (bicyclic) bond motifs is 1. The average Bonchev–Trinajstić information content (AvgIpc) is 2.79. The van der Waals surface area contributed by atoms with Gasteiger partial charge >= 0.3 is 0 Å². The fourth-order valence-electron chi connectivity index (χ4n) is 3.83. The second-order valence-electron chi connectivity index (χ2n) is 6.68. The highest BCUT2D eigenvalue weighted by molar-refractivity contribution is 5.33. The van der Waals surface area contributed by atoms with Crippen LogP contribution in [0.5, 0.6) is 0 Å². The fraction of sp³-hybridized carbons (Fsp3) is 0.647. The summed E-state index contributed by atoms with van der Waals surface area (Å²) in [6.45, 7) is 3.02. The molecule has 3 rings (SSSR count).